The zero-order valence-corrected chi connectivity index (χ0v) is 15.0. The number of rotatable bonds is 2. The summed E-state index contributed by atoms with van der Waals surface area (Å²) in [4.78, 5) is 28.7. The van der Waals surface area contributed by atoms with E-state index >= 15 is 0 Å². The van der Waals surface area contributed by atoms with Crippen molar-refractivity contribution in [1.29, 1.82) is 0 Å². The molecule has 0 saturated carbocycles. The van der Waals surface area contributed by atoms with Crippen molar-refractivity contribution in [2.24, 2.45) is 0 Å². The normalized spacial score (nSPS) is 16.5. The van der Waals surface area contributed by atoms with Gasteiger partial charge in [-0.2, -0.15) is 0 Å². The first kappa shape index (κ1) is 17.5. The zero-order valence-electron chi connectivity index (χ0n) is 15.0. The first-order valence-corrected chi connectivity index (χ1v) is 9.22. The topological polar surface area (TPSA) is 49.9 Å². The number of halogens is 1. The lowest BCUT2D eigenvalue weighted by Crippen LogP contribution is -2.50. The van der Waals surface area contributed by atoms with E-state index in [4.69, 9.17) is 4.74 Å². The molecule has 0 atom stereocenters. The SMILES string of the molecule is O=C(c1ccc2c(c1)CCCO2)N1CCN(C(=O)c2ccccc2F)CC1. The van der Waals surface area contributed by atoms with E-state index in [-0.39, 0.29) is 17.4 Å². The van der Waals surface area contributed by atoms with Crippen LogP contribution in [0, 0.1) is 5.82 Å². The number of hydrogen-bond donors (Lipinski definition) is 0. The molecule has 2 aliphatic heterocycles. The van der Waals surface area contributed by atoms with Gasteiger partial charge in [0.1, 0.15) is 11.6 Å². The van der Waals surface area contributed by atoms with Crippen molar-refractivity contribution < 1.29 is 18.7 Å². The molecule has 0 spiro atoms. The lowest BCUT2D eigenvalue weighted by molar-refractivity contribution is 0.0532. The molecule has 0 N–H and O–H groups in total. The summed E-state index contributed by atoms with van der Waals surface area (Å²) in [7, 11) is 0. The molecule has 1 saturated heterocycles. The Morgan fingerprint density at radius 2 is 1.63 bits per heavy atom. The minimum Gasteiger partial charge on any atom is -0.493 e. The van der Waals surface area contributed by atoms with Crippen molar-refractivity contribution in [1.82, 2.24) is 9.80 Å². The standard InChI is InChI=1S/C21H21FN2O3/c22-18-6-2-1-5-17(18)21(26)24-11-9-23(10-12-24)20(25)16-7-8-19-15(14-16)4-3-13-27-19/h1-2,5-8,14H,3-4,9-13H2. The van der Waals surface area contributed by atoms with Crippen LogP contribution in [0.3, 0.4) is 0 Å². The summed E-state index contributed by atoms with van der Waals surface area (Å²) in [6.45, 7) is 2.39. The fraction of sp³-hybridized carbons (Fsp3) is 0.333. The number of benzene rings is 2. The highest BCUT2D eigenvalue weighted by atomic mass is 19.1. The highest BCUT2D eigenvalue weighted by molar-refractivity contribution is 5.96. The van der Waals surface area contributed by atoms with Gasteiger partial charge < -0.3 is 14.5 Å². The Hall–Kier alpha value is -2.89. The third kappa shape index (κ3) is 3.52. The van der Waals surface area contributed by atoms with Crippen molar-refractivity contribution in [3.63, 3.8) is 0 Å². The molecule has 27 heavy (non-hydrogen) atoms. The zero-order chi connectivity index (χ0) is 18.8. The van der Waals surface area contributed by atoms with Gasteiger partial charge in [0.25, 0.3) is 11.8 Å². The van der Waals surface area contributed by atoms with E-state index in [9.17, 15) is 14.0 Å². The Labute approximate surface area is 157 Å². The van der Waals surface area contributed by atoms with E-state index in [2.05, 4.69) is 0 Å². The van der Waals surface area contributed by atoms with Crippen molar-refractivity contribution in [2.75, 3.05) is 32.8 Å². The number of piperazine rings is 1. The van der Waals surface area contributed by atoms with Gasteiger partial charge in [0, 0.05) is 31.7 Å². The first-order valence-electron chi connectivity index (χ1n) is 9.22. The number of ether oxygens (including phenoxy) is 1. The summed E-state index contributed by atoms with van der Waals surface area (Å²) in [6.07, 6.45) is 1.88. The van der Waals surface area contributed by atoms with Gasteiger partial charge in [-0.25, -0.2) is 4.39 Å². The summed E-state index contributed by atoms with van der Waals surface area (Å²) >= 11 is 0. The molecule has 6 heteroatoms. The molecular formula is C21H21FN2O3. The highest BCUT2D eigenvalue weighted by Gasteiger charge is 2.27. The van der Waals surface area contributed by atoms with Crippen molar-refractivity contribution in [3.8, 4) is 5.75 Å². The van der Waals surface area contributed by atoms with Crippen LogP contribution in [0.25, 0.3) is 0 Å². The molecular weight excluding hydrogens is 347 g/mol. The van der Waals surface area contributed by atoms with E-state index < -0.39 is 5.82 Å². The summed E-state index contributed by atoms with van der Waals surface area (Å²) in [5.41, 5.74) is 1.79. The summed E-state index contributed by atoms with van der Waals surface area (Å²) in [5.74, 6) is -0.0251. The largest absolute Gasteiger partial charge is 0.493 e. The van der Waals surface area contributed by atoms with Gasteiger partial charge in [0.15, 0.2) is 0 Å². The number of nitrogens with zero attached hydrogens (tertiary/aromatic N) is 2. The number of amides is 2. The molecule has 5 nitrogen and oxygen atoms in total. The third-order valence-corrected chi connectivity index (χ3v) is 5.11. The molecule has 2 amide bonds. The minimum atomic E-state index is -0.516. The lowest BCUT2D eigenvalue weighted by Gasteiger charge is -2.35. The number of carbonyl (C=O) groups is 2. The molecule has 4 rings (SSSR count). The fourth-order valence-corrected chi connectivity index (χ4v) is 3.59. The molecule has 2 aromatic rings. The predicted octanol–water partition coefficient (Wildman–Crippen LogP) is 2.75. The van der Waals surface area contributed by atoms with Crippen LogP contribution in [0.4, 0.5) is 4.39 Å². The molecule has 2 aliphatic rings. The van der Waals surface area contributed by atoms with E-state index in [0.717, 1.165) is 30.8 Å². The van der Waals surface area contributed by atoms with Crippen LogP contribution < -0.4 is 4.74 Å². The molecule has 1 fully saturated rings. The van der Waals surface area contributed by atoms with E-state index in [1.165, 1.54) is 12.1 Å². The first-order chi connectivity index (χ1) is 13.1. The average molecular weight is 368 g/mol. The average Bonchev–Trinajstić information content (AvgIpc) is 2.73. The molecule has 0 bridgehead atoms. The van der Waals surface area contributed by atoms with Crippen LogP contribution in [-0.2, 0) is 6.42 Å². The van der Waals surface area contributed by atoms with Crippen LogP contribution in [-0.4, -0.2) is 54.4 Å². The quantitative estimate of drug-likeness (QED) is 0.819. The number of aryl methyl sites for hydroxylation is 1. The number of hydrogen-bond acceptors (Lipinski definition) is 3. The molecule has 2 heterocycles. The number of fused-ring (bicyclic) bond motifs is 1. The lowest BCUT2D eigenvalue weighted by atomic mass is 10.0. The van der Waals surface area contributed by atoms with Gasteiger partial charge in [0.2, 0.25) is 0 Å². The number of carbonyl (C=O) groups excluding carboxylic acids is 2. The highest BCUT2D eigenvalue weighted by Crippen LogP contribution is 2.26. The monoisotopic (exact) mass is 368 g/mol. The molecule has 0 radical (unpaired) electrons. The van der Waals surface area contributed by atoms with Crippen LogP contribution in [0.1, 0.15) is 32.7 Å². The Balaban J connectivity index is 1.41. The van der Waals surface area contributed by atoms with Crippen LogP contribution in [0.5, 0.6) is 5.75 Å². The smallest absolute Gasteiger partial charge is 0.256 e. The second-order valence-corrected chi connectivity index (χ2v) is 6.84. The molecule has 140 valence electrons. The Bertz CT molecular complexity index is 875. The molecule has 0 unspecified atom stereocenters. The summed E-state index contributed by atoms with van der Waals surface area (Å²) in [6, 6.07) is 11.6. The second kappa shape index (κ2) is 7.39. The summed E-state index contributed by atoms with van der Waals surface area (Å²) < 4.78 is 19.4. The Morgan fingerprint density at radius 3 is 2.37 bits per heavy atom. The van der Waals surface area contributed by atoms with Gasteiger partial charge in [-0.1, -0.05) is 12.1 Å². The maximum atomic E-state index is 13.8. The second-order valence-electron chi connectivity index (χ2n) is 6.84. The molecule has 0 aromatic heterocycles. The van der Waals surface area contributed by atoms with E-state index in [0.29, 0.717) is 31.7 Å². The van der Waals surface area contributed by atoms with Crippen molar-refractivity contribution in [2.45, 2.75) is 12.8 Å². The predicted molar refractivity (Wildman–Crippen MR) is 98.5 cm³/mol. The van der Waals surface area contributed by atoms with Gasteiger partial charge in [0.05, 0.1) is 12.2 Å². The van der Waals surface area contributed by atoms with Gasteiger partial charge in [-0.15, -0.1) is 0 Å². The summed E-state index contributed by atoms with van der Waals surface area (Å²) in [5, 5.41) is 0. The van der Waals surface area contributed by atoms with Crippen molar-refractivity contribution in [3.05, 3.63) is 65.0 Å². The van der Waals surface area contributed by atoms with Gasteiger partial charge >= 0.3 is 0 Å². The fourth-order valence-electron chi connectivity index (χ4n) is 3.59. The van der Waals surface area contributed by atoms with Gasteiger partial charge in [-0.05, 0) is 48.7 Å². The molecule has 0 aliphatic carbocycles. The van der Waals surface area contributed by atoms with Crippen LogP contribution >= 0.6 is 0 Å². The van der Waals surface area contributed by atoms with Crippen LogP contribution in [0.2, 0.25) is 0 Å². The van der Waals surface area contributed by atoms with Crippen LogP contribution in [0.15, 0.2) is 42.5 Å². The van der Waals surface area contributed by atoms with E-state index in [1.54, 1.807) is 28.0 Å². The Morgan fingerprint density at radius 1 is 0.926 bits per heavy atom. The van der Waals surface area contributed by atoms with Gasteiger partial charge in [-0.3, -0.25) is 9.59 Å². The third-order valence-electron chi connectivity index (χ3n) is 5.11. The Kier molecular flexibility index (Phi) is 4.79. The maximum absolute atomic E-state index is 13.8. The maximum Gasteiger partial charge on any atom is 0.256 e. The molecule has 2 aromatic carbocycles. The minimum absolute atomic E-state index is 0.0404. The van der Waals surface area contributed by atoms with Crippen molar-refractivity contribution >= 4 is 11.8 Å². The van der Waals surface area contributed by atoms with E-state index in [1.807, 2.05) is 12.1 Å².